The van der Waals surface area contributed by atoms with Crippen molar-refractivity contribution in [3.8, 4) is 11.5 Å². The van der Waals surface area contributed by atoms with Gasteiger partial charge >= 0.3 is 0 Å². The zero-order chi connectivity index (χ0) is 12.8. The first-order valence-electron chi connectivity index (χ1n) is 5.61. The van der Waals surface area contributed by atoms with Gasteiger partial charge < -0.3 is 9.47 Å². The van der Waals surface area contributed by atoms with E-state index in [0.29, 0.717) is 18.4 Å². The number of hydrogen-bond donors (Lipinski definition) is 0. The number of alkyl halides is 1. The van der Waals surface area contributed by atoms with E-state index in [1.165, 1.54) is 0 Å². The zero-order valence-corrected chi connectivity index (χ0v) is 13.5. The lowest BCUT2D eigenvalue weighted by Gasteiger charge is -2.20. The summed E-state index contributed by atoms with van der Waals surface area (Å²) < 4.78 is 12.1. The van der Waals surface area contributed by atoms with Crippen LogP contribution in [0.1, 0.15) is 13.8 Å². The highest BCUT2D eigenvalue weighted by Crippen LogP contribution is 2.35. The van der Waals surface area contributed by atoms with E-state index in [9.17, 15) is 0 Å². The van der Waals surface area contributed by atoms with Crippen LogP contribution in [0, 0.1) is 11.8 Å². The lowest BCUT2D eigenvalue weighted by Crippen LogP contribution is -2.19. The normalized spacial score (nSPS) is 12.6. The van der Waals surface area contributed by atoms with Gasteiger partial charge in [0.25, 0.3) is 0 Å². The van der Waals surface area contributed by atoms with Gasteiger partial charge in [0.2, 0.25) is 0 Å². The molecule has 0 aliphatic carbocycles. The highest BCUT2D eigenvalue weighted by molar-refractivity contribution is 9.10. The van der Waals surface area contributed by atoms with Crippen LogP contribution in [0.5, 0.6) is 11.5 Å². The molecule has 0 aliphatic heterocycles. The number of para-hydroxylation sites is 1. The minimum absolute atomic E-state index is 0.492. The van der Waals surface area contributed by atoms with Crippen molar-refractivity contribution in [2.45, 2.75) is 13.8 Å². The quantitative estimate of drug-likeness (QED) is 0.691. The molecular weight excluding hydrogens is 348 g/mol. The lowest BCUT2D eigenvalue weighted by molar-refractivity contribution is 0.218. The Balaban J connectivity index is 2.74. The summed E-state index contributed by atoms with van der Waals surface area (Å²) in [5.41, 5.74) is 0. The second-order valence-corrected chi connectivity index (χ2v) is 5.74. The first-order valence-corrected chi connectivity index (χ1v) is 7.52. The molecule has 1 atom stereocenters. The monoisotopic (exact) mass is 364 g/mol. The fraction of sp³-hybridized carbons (Fsp3) is 0.538. The molecule has 0 radical (unpaired) electrons. The smallest absolute Gasteiger partial charge is 0.175 e. The molecule has 96 valence electrons. The van der Waals surface area contributed by atoms with Crippen molar-refractivity contribution < 1.29 is 9.47 Å². The second kappa shape index (κ2) is 7.27. The Hall–Kier alpha value is -0.220. The number of hydrogen-bond acceptors (Lipinski definition) is 2. The average Bonchev–Trinajstić information content (AvgIpc) is 2.31. The van der Waals surface area contributed by atoms with E-state index in [4.69, 9.17) is 9.47 Å². The van der Waals surface area contributed by atoms with Gasteiger partial charge in [0, 0.05) is 11.2 Å². The lowest BCUT2D eigenvalue weighted by atomic mass is 9.99. The van der Waals surface area contributed by atoms with Crippen molar-refractivity contribution in [3.63, 3.8) is 0 Å². The van der Waals surface area contributed by atoms with Crippen LogP contribution in [0.25, 0.3) is 0 Å². The van der Waals surface area contributed by atoms with Crippen molar-refractivity contribution in [3.05, 3.63) is 22.7 Å². The van der Waals surface area contributed by atoms with Crippen LogP contribution in [0.15, 0.2) is 22.7 Å². The molecule has 1 rings (SSSR count). The molecule has 0 aliphatic rings. The SMILES string of the molecule is COc1cccc(Br)c1OCC(CBr)C(C)C. The minimum Gasteiger partial charge on any atom is -0.493 e. The molecule has 0 saturated carbocycles. The molecule has 1 aromatic rings. The summed E-state index contributed by atoms with van der Waals surface area (Å²) in [4.78, 5) is 0. The van der Waals surface area contributed by atoms with Gasteiger partial charge in [0.05, 0.1) is 18.2 Å². The van der Waals surface area contributed by atoms with Crippen molar-refractivity contribution in [2.75, 3.05) is 19.0 Å². The van der Waals surface area contributed by atoms with Gasteiger partial charge in [-0.25, -0.2) is 0 Å². The fourth-order valence-electron chi connectivity index (χ4n) is 1.40. The van der Waals surface area contributed by atoms with E-state index in [0.717, 1.165) is 21.3 Å². The molecule has 0 heterocycles. The Morgan fingerprint density at radius 1 is 1.29 bits per heavy atom. The Morgan fingerprint density at radius 2 is 2.00 bits per heavy atom. The molecule has 2 nitrogen and oxygen atoms in total. The van der Waals surface area contributed by atoms with Gasteiger partial charge in [-0.1, -0.05) is 35.8 Å². The van der Waals surface area contributed by atoms with Crippen LogP contribution < -0.4 is 9.47 Å². The summed E-state index contributed by atoms with van der Waals surface area (Å²) >= 11 is 7.00. The van der Waals surface area contributed by atoms with Crippen molar-refractivity contribution in [1.29, 1.82) is 0 Å². The van der Waals surface area contributed by atoms with Crippen molar-refractivity contribution in [2.24, 2.45) is 11.8 Å². The Bertz CT molecular complexity index is 353. The Labute approximate surface area is 120 Å². The largest absolute Gasteiger partial charge is 0.493 e. The molecule has 0 fully saturated rings. The van der Waals surface area contributed by atoms with Crippen LogP contribution >= 0.6 is 31.9 Å². The summed E-state index contributed by atoms with van der Waals surface area (Å²) in [5.74, 6) is 2.62. The average molecular weight is 366 g/mol. The number of ether oxygens (including phenoxy) is 2. The predicted octanol–water partition coefficient (Wildman–Crippen LogP) is 4.50. The third kappa shape index (κ3) is 4.18. The Morgan fingerprint density at radius 3 is 2.53 bits per heavy atom. The van der Waals surface area contributed by atoms with Crippen LogP contribution in [0.2, 0.25) is 0 Å². The van der Waals surface area contributed by atoms with Gasteiger partial charge in [0.1, 0.15) is 0 Å². The number of benzene rings is 1. The van der Waals surface area contributed by atoms with E-state index < -0.39 is 0 Å². The number of methoxy groups -OCH3 is 1. The summed E-state index contributed by atoms with van der Waals surface area (Å²) in [6.07, 6.45) is 0. The molecule has 1 aromatic carbocycles. The number of halogens is 2. The maximum atomic E-state index is 5.87. The summed E-state index contributed by atoms with van der Waals surface area (Å²) in [6, 6.07) is 5.79. The van der Waals surface area contributed by atoms with Gasteiger partial charge in [-0.15, -0.1) is 0 Å². The first-order chi connectivity index (χ1) is 8.10. The van der Waals surface area contributed by atoms with Gasteiger partial charge in [-0.2, -0.15) is 0 Å². The molecule has 0 amide bonds. The molecular formula is C13H18Br2O2. The molecule has 0 bridgehead atoms. The third-order valence-electron chi connectivity index (χ3n) is 2.73. The van der Waals surface area contributed by atoms with Crippen LogP contribution in [0.4, 0.5) is 0 Å². The maximum absolute atomic E-state index is 5.87. The molecule has 0 saturated heterocycles. The zero-order valence-electron chi connectivity index (χ0n) is 10.4. The Kier molecular flexibility index (Phi) is 6.34. The molecule has 4 heteroatoms. The van der Waals surface area contributed by atoms with Gasteiger partial charge in [-0.05, 0) is 34.0 Å². The molecule has 0 spiro atoms. The number of rotatable bonds is 6. The standard InChI is InChI=1S/C13H18Br2O2/c1-9(2)10(7-14)8-17-13-11(15)5-4-6-12(13)16-3/h4-6,9-10H,7-8H2,1-3H3. The van der Waals surface area contributed by atoms with Gasteiger partial charge in [-0.3, -0.25) is 0 Å². The fourth-order valence-corrected chi connectivity index (χ4v) is 2.79. The molecule has 0 aromatic heterocycles. The summed E-state index contributed by atoms with van der Waals surface area (Å²) in [5, 5.41) is 0.942. The first kappa shape index (κ1) is 14.8. The maximum Gasteiger partial charge on any atom is 0.175 e. The molecule has 0 N–H and O–H groups in total. The highest BCUT2D eigenvalue weighted by atomic mass is 79.9. The van der Waals surface area contributed by atoms with Crippen molar-refractivity contribution >= 4 is 31.9 Å². The topological polar surface area (TPSA) is 18.5 Å². The van der Waals surface area contributed by atoms with E-state index >= 15 is 0 Å². The van der Waals surface area contributed by atoms with Crippen LogP contribution in [-0.4, -0.2) is 19.0 Å². The van der Waals surface area contributed by atoms with E-state index in [1.807, 2.05) is 18.2 Å². The molecule has 1 unspecified atom stereocenters. The van der Waals surface area contributed by atoms with Crippen LogP contribution in [-0.2, 0) is 0 Å². The minimum atomic E-state index is 0.492. The van der Waals surface area contributed by atoms with E-state index in [2.05, 4.69) is 45.7 Å². The van der Waals surface area contributed by atoms with E-state index in [-0.39, 0.29) is 0 Å². The summed E-state index contributed by atoms with van der Waals surface area (Å²) in [7, 11) is 1.65. The van der Waals surface area contributed by atoms with Gasteiger partial charge in [0.15, 0.2) is 11.5 Å². The van der Waals surface area contributed by atoms with Crippen molar-refractivity contribution in [1.82, 2.24) is 0 Å². The van der Waals surface area contributed by atoms with E-state index in [1.54, 1.807) is 7.11 Å². The highest BCUT2D eigenvalue weighted by Gasteiger charge is 2.15. The molecule has 17 heavy (non-hydrogen) atoms. The third-order valence-corrected chi connectivity index (χ3v) is 4.19. The summed E-state index contributed by atoms with van der Waals surface area (Å²) in [6.45, 7) is 5.08. The predicted molar refractivity (Wildman–Crippen MR) is 78.3 cm³/mol. The second-order valence-electron chi connectivity index (χ2n) is 4.24. The van der Waals surface area contributed by atoms with Crippen LogP contribution in [0.3, 0.4) is 0 Å².